The average Bonchev–Trinajstić information content (AvgIpc) is 2.28. The van der Waals surface area contributed by atoms with E-state index in [1.54, 1.807) is 11.1 Å². The molecule has 1 aliphatic rings. The zero-order valence-corrected chi connectivity index (χ0v) is 12.6. The molecule has 0 nitrogen and oxygen atoms in total. The van der Waals surface area contributed by atoms with E-state index in [9.17, 15) is 0 Å². The lowest BCUT2D eigenvalue weighted by molar-refractivity contribution is 0.129. The first-order chi connectivity index (χ1) is 8.00. The highest BCUT2D eigenvalue weighted by molar-refractivity contribution is 5.33. The summed E-state index contributed by atoms with van der Waals surface area (Å²) in [5.41, 5.74) is 3.82. The van der Waals surface area contributed by atoms with Crippen LogP contribution in [0.3, 0.4) is 0 Å². The van der Waals surface area contributed by atoms with Crippen LogP contribution in [0.25, 0.3) is 0 Å². The van der Waals surface area contributed by atoms with Crippen molar-refractivity contribution in [3.05, 3.63) is 23.3 Å². The van der Waals surface area contributed by atoms with Crippen LogP contribution in [-0.4, -0.2) is 0 Å². The van der Waals surface area contributed by atoms with Crippen LogP contribution in [0.4, 0.5) is 0 Å². The van der Waals surface area contributed by atoms with Gasteiger partial charge in [-0.1, -0.05) is 52.3 Å². The maximum Gasteiger partial charge on any atom is -0.00363 e. The molecule has 0 spiro atoms. The molecular formula is C17H30. The lowest BCUT2D eigenvalue weighted by Crippen LogP contribution is -2.37. The van der Waals surface area contributed by atoms with Crippen LogP contribution in [0.2, 0.25) is 0 Å². The van der Waals surface area contributed by atoms with Gasteiger partial charge in [0.05, 0.1) is 0 Å². The van der Waals surface area contributed by atoms with Crippen molar-refractivity contribution in [2.24, 2.45) is 17.3 Å². The summed E-state index contributed by atoms with van der Waals surface area (Å²) in [4.78, 5) is 0. The molecule has 0 unspecified atom stereocenters. The summed E-state index contributed by atoms with van der Waals surface area (Å²) in [6.07, 6.45) is 9.82. The molecule has 0 heteroatoms. The van der Waals surface area contributed by atoms with E-state index in [4.69, 9.17) is 0 Å². The Morgan fingerprint density at radius 1 is 1.18 bits per heavy atom. The summed E-state index contributed by atoms with van der Waals surface area (Å²) in [6, 6.07) is 0. The second kappa shape index (κ2) is 5.89. The Bertz CT molecular complexity index is 294. The van der Waals surface area contributed by atoms with Gasteiger partial charge in [0.15, 0.2) is 0 Å². The number of hydrogen-bond donors (Lipinski definition) is 0. The Morgan fingerprint density at radius 3 is 2.18 bits per heavy atom. The Labute approximate surface area is 108 Å². The Kier molecular flexibility index (Phi) is 5.04. The molecular weight excluding hydrogens is 204 g/mol. The molecule has 98 valence electrons. The summed E-state index contributed by atoms with van der Waals surface area (Å²) in [6.45, 7) is 14.1. The van der Waals surface area contributed by atoms with Gasteiger partial charge >= 0.3 is 0 Å². The third-order valence-corrected chi connectivity index (χ3v) is 4.77. The normalized spacial score (nSPS) is 20.9. The molecule has 0 heterocycles. The second-order valence-electron chi connectivity index (χ2n) is 6.06. The molecule has 1 aliphatic carbocycles. The summed E-state index contributed by atoms with van der Waals surface area (Å²) < 4.78 is 0. The van der Waals surface area contributed by atoms with Crippen molar-refractivity contribution in [1.82, 2.24) is 0 Å². The van der Waals surface area contributed by atoms with E-state index >= 15 is 0 Å². The smallest absolute Gasteiger partial charge is 0.00363 e. The van der Waals surface area contributed by atoms with Gasteiger partial charge in [0.25, 0.3) is 0 Å². The van der Waals surface area contributed by atoms with Crippen LogP contribution in [0.1, 0.15) is 67.2 Å². The molecule has 0 bridgehead atoms. The third kappa shape index (κ3) is 2.51. The first kappa shape index (κ1) is 14.5. The lowest BCUT2D eigenvalue weighted by Gasteiger charge is -2.47. The fourth-order valence-corrected chi connectivity index (χ4v) is 4.05. The third-order valence-electron chi connectivity index (χ3n) is 4.77. The zero-order valence-electron chi connectivity index (χ0n) is 12.6. The number of allylic oxidation sites excluding steroid dienone is 4. The minimum atomic E-state index is 0.446. The molecule has 0 N–H and O–H groups in total. The Hall–Kier alpha value is -0.520. The van der Waals surface area contributed by atoms with Gasteiger partial charge in [0.1, 0.15) is 0 Å². The predicted molar refractivity (Wildman–Crippen MR) is 78.1 cm³/mol. The van der Waals surface area contributed by atoms with E-state index < -0.39 is 0 Å². The van der Waals surface area contributed by atoms with E-state index in [-0.39, 0.29) is 0 Å². The second-order valence-corrected chi connectivity index (χ2v) is 6.06. The van der Waals surface area contributed by atoms with Crippen LogP contribution in [0.15, 0.2) is 23.3 Å². The van der Waals surface area contributed by atoms with Gasteiger partial charge in [-0.3, -0.25) is 0 Å². The Balaban J connectivity index is 3.33. The van der Waals surface area contributed by atoms with E-state index in [0.717, 1.165) is 11.8 Å². The molecule has 0 saturated heterocycles. The van der Waals surface area contributed by atoms with Crippen LogP contribution in [-0.2, 0) is 0 Å². The van der Waals surface area contributed by atoms with E-state index in [1.165, 1.54) is 25.7 Å². The monoisotopic (exact) mass is 234 g/mol. The Morgan fingerprint density at radius 2 is 1.76 bits per heavy atom. The van der Waals surface area contributed by atoms with Crippen molar-refractivity contribution >= 4 is 0 Å². The van der Waals surface area contributed by atoms with E-state index in [1.807, 2.05) is 0 Å². The molecule has 0 aliphatic heterocycles. The van der Waals surface area contributed by atoms with Crippen molar-refractivity contribution < 1.29 is 0 Å². The highest BCUT2D eigenvalue weighted by Gasteiger charge is 2.42. The molecule has 0 aromatic heterocycles. The van der Waals surface area contributed by atoms with Crippen molar-refractivity contribution in [2.45, 2.75) is 67.2 Å². The maximum atomic E-state index is 2.41. The standard InChI is InChI=1S/C17H30/c1-7-10-15-11-9-12-17(13(3)4,14(5)6)16(15)8-2/h7,10,13-14H,8-9,11-12H2,1-6H3/b10-7-. The quantitative estimate of drug-likeness (QED) is 0.581. The van der Waals surface area contributed by atoms with Crippen molar-refractivity contribution in [3.8, 4) is 0 Å². The molecule has 0 aromatic rings. The SMILES string of the molecule is C/C=C\C1=C(CC)C(C(C)C)(C(C)C)CCC1. The van der Waals surface area contributed by atoms with Crippen molar-refractivity contribution in [1.29, 1.82) is 0 Å². The minimum absolute atomic E-state index is 0.446. The highest BCUT2D eigenvalue weighted by Crippen LogP contribution is 2.52. The number of hydrogen-bond acceptors (Lipinski definition) is 0. The molecule has 1 rings (SSSR count). The van der Waals surface area contributed by atoms with Gasteiger partial charge < -0.3 is 0 Å². The molecule has 0 radical (unpaired) electrons. The topological polar surface area (TPSA) is 0 Å². The summed E-state index contributed by atoms with van der Waals surface area (Å²) in [7, 11) is 0. The van der Waals surface area contributed by atoms with Gasteiger partial charge in [-0.2, -0.15) is 0 Å². The lowest BCUT2D eigenvalue weighted by atomic mass is 9.57. The average molecular weight is 234 g/mol. The summed E-state index contributed by atoms with van der Waals surface area (Å²) >= 11 is 0. The molecule has 0 saturated carbocycles. The van der Waals surface area contributed by atoms with Crippen LogP contribution in [0, 0.1) is 17.3 Å². The summed E-state index contributed by atoms with van der Waals surface area (Å²) in [5.74, 6) is 1.50. The highest BCUT2D eigenvalue weighted by atomic mass is 14.5. The minimum Gasteiger partial charge on any atom is -0.0874 e. The van der Waals surface area contributed by atoms with Gasteiger partial charge in [0, 0.05) is 0 Å². The van der Waals surface area contributed by atoms with E-state index in [2.05, 4.69) is 53.7 Å². The fourth-order valence-electron chi connectivity index (χ4n) is 4.05. The maximum absolute atomic E-state index is 2.41. The van der Waals surface area contributed by atoms with E-state index in [0.29, 0.717) is 5.41 Å². The first-order valence-electron chi connectivity index (χ1n) is 7.35. The van der Waals surface area contributed by atoms with Crippen LogP contribution < -0.4 is 0 Å². The molecule has 0 fully saturated rings. The predicted octanol–water partition coefficient (Wildman–Crippen LogP) is 5.75. The molecule has 0 aromatic carbocycles. The van der Waals surface area contributed by atoms with Gasteiger partial charge in [-0.15, -0.1) is 0 Å². The van der Waals surface area contributed by atoms with Gasteiger partial charge in [-0.05, 0) is 55.4 Å². The number of rotatable bonds is 4. The fraction of sp³-hybridized carbons (Fsp3) is 0.765. The van der Waals surface area contributed by atoms with Gasteiger partial charge in [-0.25, -0.2) is 0 Å². The molecule has 17 heavy (non-hydrogen) atoms. The van der Waals surface area contributed by atoms with Crippen LogP contribution in [0.5, 0.6) is 0 Å². The first-order valence-corrected chi connectivity index (χ1v) is 7.35. The zero-order chi connectivity index (χ0) is 13.1. The molecule has 0 amide bonds. The van der Waals surface area contributed by atoms with Gasteiger partial charge in [0.2, 0.25) is 0 Å². The molecule has 0 atom stereocenters. The summed E-state index contributed by atoms with van der Waals surface area (Å²) in [5, 5.41) is 0. The van der Waals surface area contributed by atoms with Crippen molar-refractivity contribution in [2.75, 3.05) is 0 Å². The largest absolute Gasteiger partial charge is 0.0874 e. The van der Waals surface area contributed by atoms with Crippen molar-refractivity contribution in [3.63, 3.8) is 0 Å². The van der Waals surface area contributed by atoms with Crippen LogP contribution >= 0.6 is 0 Å².